The van der Waals surface area contributed by atoms with Gasteiger partial charge >= 0.3 is 0 Å². The Balaban J connectivity index is 2.63. The molecule has 1 rings (SSSR count). The van der Waals surface area contributed by atoms with Crippen LogP contribution in [0.1, 0.15) is 60.8 Å². The maximum absolute atomic E-state index is 11.8. The third-order valence-corrected chi connectivity index (χ3v) is 5.08. The summed E-state index contributed by atoms with van der Waals surface area (Å²) in [5.41, 5.74) is 5.40. The first kappa shape index (κ1) is 18.4. The third kappa shape index (κ3) is 4.96. The van der Waals surface area contributed by atoms with E-state index < -0.39 is 5.54 Å². The minimum absolute atomic E-state index is 0.241. The van der Waals surface area contributed by atoms with Crippen LogP contribution in [0.3, 0.4) is 0 Å². The molecule has 3 unspecified atom stereocenters. The predicted molar refractivity (Wildman–Crippen MR) is 89.1 cm³/mol. The van der Waals surface area contributed by atoms with Gasteiger partial charge in [-0.1, -0.05) is 27.7 Å². The van der Waals surface area contributed by atoms with Gasteiger partial charge in [0, 0.05) is 12.6 Å². The number of likely N-dealkylation sites (tertiary alicyclic amines) is 1. The van der Waals surface area contributed by atoms with E-state index >= 15 is 0 Å². The van der Waals surface area contributed by atoms with Crippen LogP contribution in [0.25, 0.3) is 0 Å². The van der Waals surface area contributed by atoms with Gasteiger partial charge < -0.3 is 16.0 Å². The molecule has 4 heteroatoms. The first-order valence-corrected chi connectivity index (χ1v) is 8.39. The largest absolute Gasteiger partial charge is 0.368 e. The van der Waals surface area contributed by atoms with Crippen molar-refractivity contribution < 1.29 is 4.79 Å². The monoisotopic (exact) mass is 297 g/mol. The highest BCUT2D eigenvalue weighted by Crippen LogP contribution is 2.35. The number of hydrogen-bond acceptors (Lipinski definition) is 3. The molecule has 124 valence electrons. The molecular formula is C17H35N3O. The molecule has 1 fully saturated rings. The first-order chi connectivity index (χ1) is 9.60. The first-order valence-electron chi connectivity index (χ1n) is 8.39. The van der Waals surface area contributed by atoms with Crippen LogP contribution in [-0.4, -0.2) is 42.0 Å². The Labute approximate surface area is 130 Å². The summed E-state index contributed by atoms with van der Waals surface area (Å²) < 4.78 is 0. The van der Waals surface area contributed by atoms with Gasteiger partial charge in [-0.25, -0.2) is 0 Å². The Morgan fingerprint density at radius 1 is 1.38 bits per heavy atom. The van der Waals surface area contributed by atoms with E-state index in [9.17, 15) is 4.79 Å². The molecule has 1 aliphatic heterocycles. The second-order valence-corrected chi connectivity index (χ2v) is 8.02. The van der Waals surface area contributed by atoms with Crippen LogP contribution in [0.15, 0.2) is 0 Å². The van der Waals surface area contributed by atoms with Crippen LogP contribution in [0, 0.1) is 11.3 Å². The summed E-state index contributed by atoms with van der Waals surface area (Å²) >= 11 is 0. The van der Waals surface area contributed by atoms with Gasteiger partial charge in [0.1, 0.15) is 0 Å². The number of nitrogens with two attached hydrogens (primary N) is 1. The summed E-state index contributed by atoms with van der Waals surface area (Å²) in [5.74, 6) is 0.498. The van der Waals surface area contributed by atoms with Gasteiger partial charge in [-0.3, -0.25) is 4.79 Å². The summed E-state index contributed by atoms with van der Waals surface area (Å²) in [6.45, 7) is 16.3. The summed E-state index contributed by atoms with van der Waals surface area (Å²) in [6, 6.07) is 0.374. The maximum atomic E-state index is 11.8. The lowest BCUT2D eigenvalue weighted by atomic mass is 9.80. The lowest BCUT2D eigenvalue weighted by molar-refractivity contribution is -0.124. The van der Waals surface area contributed by atoms with E-state index in [0.717, 1.165) is 38.4 Å². The molecule has 0 bridgehead atoms. The molecule has 21 heavy (non-hydrogen) atoms. The Hall–Kier alpha value is -0.610. The second-order valence-electron chi connectivity index (χ2n) is 8.02. The van der Waals surface area contributed by atoms with E-state index in [0.29, 0.717) is 11.5 Å². The van der Waals surface area contributed by atoms with Crippen molar-refractivity contribution in [3.8, 4) is 0 Å². The van der Waals surface area contributed by atoms with Crippen molar-refractivity contribution in [1.82, 2.24) is 10.2 Å². The molecule has 0 aromatic carbocycles. The van der Waals surface area contributed by atoms with Gasteiger partial charge in [-0.05, 0) is 57.5 Å². The summed E-state index contributed by atoms with van der Waals surface area (Å²) in [5, 5.41) is 3.34. The second kappa shape index (κ2) is 7.10. The molecule has 3 N–H and O–H groups in total. The highest BCUT2D eigenvalue weighted by molar-refractivity contribution is 5.84. The van der Waals surface area contributed by atoms with Crippen LogP contribution in [0.4, 0.5) is 0 Å². The lowest BCUT2D eigenvalue weighted by Crippen LogP contribution is -2.56. The molecule has 0 aliphatic carbocycles. The highest BCUT2D eigenvalue weighted by atomic mass is 16.1. The van der Waals surface area contributed by atoms with E-state index in [1.54, 1.807) is 0 Å². The van der Waals surface area contributed by atoms with Gasteiger partial charge in [0.05, 0.1) is 5.54 Å². The molecule has 0 aromatic heterocycles. The topological polar surface area (TPSA) is 58.4 Å². The Kier molecular flexibility index (Phi) is 6.23. The van der Waals surface area contributed by atoms with Crippen molar-refractivity contribution >= 4 is 5.91 Å². The van der Waals surface area contributed by atoms with Crippen LogP contribution >= 0.6 is 0 Å². The maximum Gasteiger partial charge on any atom is 0.237 e. The molecule has 0 saturated carbocycles. The lowest BCUT2D eigenvalue weighted by Gasteiger charge is -2.35. The average Bonchev–Trinajstić information content (AvgIpc) is 2.85. The van der Waals surface area contributed by atoms with Crippen LogP contribution < -0.4 is 11.1 Å². The zero-order valence-electron chi connectivity index (χ0n) is 14.8. The van der Waals surface area contributed by atoms with E-state index in [-0.39, 0.29) is 5.91 Å². The van der Waals surface area contributed by atoms with Crippen molar-refractivity contribution in [1.29, 1.82) is 0 Å². The van der Waals surface area contributed by atoms with Gasteiger partial charge in [0.25, 0.3) is 0 Å². The van der Waals surface area contributed by atoms with Crippen LogP contribution in [0.5, 0.6) is 0 Å². The Bertz CT molecular complexity index is 350. The SMILES string of the molecule is CCCNC(C)(CC(C)N1CCC(C(C)(C)C)C1)C(N)=O. The van der Waals surface area contributed by atoms with Crippen LogP contribution in [-0.2, 0) is 4.79 Å². The molecule has 1 aliphatic rings. The molecule has 1 saturated heterocycles. The normalized spacial score (nSPS) is 24.8. The van der Waals surface area contributed by atoms with Crippen molar-refractivity contribution in [2.75, 3.05) is 19.6 Å². The van der Waals surface area contributed by atoms with Crippen molar-refractivity contribution in [2.24, 2.45) is 17.1 Å². The number of nitrogens with one attached hydrogen (secondary N) is 1. The molecule has 1 heterocycles. The number of carbonyl (C=O) groups is 1. The van der Waals surface area contributed by atoms with E-state index in [1.165, 1.54) is 6.42 Å². The zero-order chi connectivity index (χ0) is 16.3. The van der Waals surface area contributed by atoms with E-state index in [4.69, 9.17) is 5.73 Å². The molecule has 1 amide bonds. The number of hydrogen-bond donors (Lipinski definition) is 2. The molecule has 0 spiro atoms. The van der Waals surface area contributed by atoms with Gasteiger partial charge in [-0.2, -0.15) is 0 Å². The zero-order valence-corrected chi connectivity index (χ0v) is 14.8. The van der Waals surface area contributed by atoms with Gasteiger partial charge in [0.2, 0.25) is 5.91 Å². The molecule has 4 nitrogen and oxygen atoms in total. The number of amides is 1. The fraction of sp³-hybridized carbons (Fsp3) is 0.941. The number of carbonyl (C=O) groups excluding carboxylic acids is 1. The summed E-state index contributed by atoms with van der Waals surface area (Å²) in [6.07, 6.45) is 3.04. The van der Waals surface area contributed by atoms with Crippen LogP contribution in [0.2, 0.25) is 0 Å². The molecule has 0 aromatic rings. The molecule has 0 radical (unpaired) electrons. The molecule has 3 atom stereocenters. The number of rotatable bonds is 7. The van der Waals surface area contributed by atoms with Crippen molar-refractivity contribution in [2.45, 2.75) is 72.4 Å². The fourth-order valence-electron chi connectivity index (χ4n) is 3.28. The van der Waals surface area contributed by atoms with E-state index in [1.807, 2.05) is 6.92 Å². The fourth-order valence-corrected chi connectivity index (χ4v) is 3.28. The quantitative estimate of drug-likeness (QED) is 0.758. The molecular weight excluding hydrogens is 262 g/mol. The van der Waals surface area contributed by atoms with Gasteiger partial charge in [-0.15, -0.1) is 0 Å². The number of nitrogens with zero attached hydrogens (tertiary/aromatic N) is 1. The smallest absolute Gasteiger partial charge is 0.237 e. The average molecular weight is 297 g/mol. The van der Waals surface area contributed by atoms with Crippen molar-refractivity contribution in [3.63, 3.8) is 0 Å². The van der Waals surface area contributed by atoms with E-state index in [2.05, 4.69) is 44.8 Å². The van der Waals surface area contributed by atoms with Crippen molar-refractivity contribution in [3.05, 3.63) is 0 Å². The highest BCUT2D eigenvalue weighted by Gasteiger charge is 2.38. The third-order valence-electron chi connectivity index (χ3n) is 5.08. The Morgan fingerprint density at radius 2 is 2.00 bits per heavy atom. The standard InChI is InChI=1S/C17H35N3O/c1-7-9-19-17(6,15(18)21)11-13(2)20-10-8-14(12-20)16(3,4)5/h13-14,19H,7-12H2,1-6H3,(H2,18,21). The predicted octanol–water partition coefficient (Wildman–Crippen LogP) is 2.38. The summed E-state index contributed by atoms with van der Waals surface area (Å²) in [7, 11) is 0. The summed E-state index contributed by atoms with van der Waals surface area (Å²) in [4.78, 5) is 14.4. The van der Waals surface area contributed by atoms with Gasteiger partial charge in [0.15, 0.2) is 0 Å². The Morgan fingerprint density at radius 3 is 2.43 bits per heavy atom. The minimum atomic E-state index is -0.602. The number of primary amides is 1. The minimum Gasteiger partial charge on any atom is -0.368 e.